The van der Waals surface area contributed by atoms with Crippen molar-refractivity contribution in [1.29, 1.82) is 5.26 Å². The van der Waals surface area contributed by atoms with E-state index in [1.807, 2.05) is 19.1 Å². The summed E-state index contributed by atoms with van der Waals surface area (Å²) in [6.45, 7) is 1.89. The quantitative estimate of drug-likeness (QED) is 0.714. The summed E-state index contributed by atoms with van der Waals surface area (Å²) in [5, 5.41) is 8.83. The molecule has 0 aromatic heterocycles. The van der Waals surface area contributed by atoms with Crippen molar-refractivity contribution in [1.82, 2.24) is 0 Å². The topological polar surface area (TPSA) is 40.9 Å². The van der Waals surface area contributed by atoms with Gasteiger partial charge in [0.25, 0.3) is 0 Å². The van der Waals surface area contributed by atoms with Gasteiger partial charge in [0.15, 0.2) is 5.78 Å². The molecule has 2 nitrogen and oxygen atoms in total. The molecule has 1 rings (SSSR count). The zero-order valence-corrected chi connectivity index (χ0v) is 8.64. The van der Waals surface area contributed by atoms with Crippen LogP contribution < -0.4 is 0 Å². The first-order valence-electron chi connectivity index (χ1n) is 4.25. The SMILES string of the molecule is Cc1cccc(C#N)c1CC(=O)CCl. The van der Waals surface area contributed by atoms with E-state index in [0.29, 0.717) is 5.56 Å². The molecule has 0 aliphatic heterocycles. The Morgan fingerprint density at radius 1 is 1.57 bits per heavy atom. The third-order valence-electron chi connectivity index (χ3n) is 2.05. The van der Waals surface area contributed by atoms with Crippen LogP contribution in [0.25, 0.3) is 0 Å². The molecule has 3 heteroatoms. The maximum absolute atomic E-state index is 11.2. The average molecular weight is 208 g/mol. The molecule has 1 aromatic rings. The van der Waals surface area contributed by atoms with Gasteiger partial charge in [0.05, 0.1) is 17.5 Å². The highest BCUT2D eigenvalue weighted by Gasteiger charge is 2.09. The van der Waals surface area contributed by atoms with Crippen molar-refractivity contribution in [2.75, 3.05) is 5.88 Å². The molecule has 0 unspecified atom stereocenters. The van der Waals surface area contributed by atoms with Crippen LogP contribution in [0.4, 0.5) is 0 Å². The molecule has 0 radical (unpaired) electrons. The fraction of sp³-hybridized carbons (Fsp3) is 0.273. The van der Waals surface area contributed by atoms with Gasteiger partial charge < -0.3 is 0 Å². The standard InChI is InChI=1S/C11H10ClNO/c1-8-3-2-4-9(7-13)11(8)5-10(14)6-12/h2-4H,5-6H2,1H3. The van der Waals surface area contributed by atoms with Gasteiger partial charge in [-0.25, -0.2) is 0 Å². The number of rotatable bonds is 3. The van der Waals surface area contributed by atoms with E-state index in [4.69, 9.17) is 16.9 Å². The zero-order chi connectivity index (χ0) is 10.6. The summed E-state index contributed by atoms with van der Waals surface area (Å²) in [4.78, 5) is 11.2. The van der Waals surface area contributed by atoms with Crippen LogP contribution in [0.15, 0.2) is 18.2 Å². The van der Waals surface area contributed by atoms with Gasteiger partial charge in [-0.1, -0.05) is 12.1 Å². The van der Waals surface area contributed by atoms with Crippen molar-refractivity contribution in [2.45, 2.75) is 13.3 Å². The summed E-state index contributed by atoms with van der Waals surface area (Å²) in [6.07, 6.45) is 0.249. The molecule has 0 amide bonds. The van der Waals surface area contributed by atoms with Crippen molar-refractivity contribution in [3.8, 4) is 6.07 Å². The number of alkyl halides is 1. The van der Waals surface area contributed by atoms with Crippen molar-refractivity contribution < 1.29 is 4.79 Å². The molecular weight excluding hydrogens is 198 g/mol. The summed E-state index contributed by atoms with van der Waals surface area (Å²) in [5.41, 5.74) is 2.31. The summed E-state index contributed by atoms with van der Waals surface area (Å²) in [7, 11) is 0. The molecule has 1 aromatic carbocycles. The third kappa shape index (κ3) is 2.34. The fourth-order valence-electron chi connectivity index (χ4n) is 1.29. The highest BCUT2D eigenvalue weighted by Crippen LogP contribution is 2.14. The highest BCUT2D eigenvalue weighted by atomic mass is 35.5. The number of hydrogen-bond donors (Lipinski definition) is 0. The molecule has 0 fully saturated rings. The van der Waals surface area contributed by atoms with E-state index in [0.717, 1.165) is 11.1 Å². The van der Waals surface area contributed by atoms with Crippen LogP contribution in [-0.2, 0) is 11.2 Å². The summed E-state index contributed by atoms with van der Waals surface area (Å²) >= 11 is 5.42. The smallest absolute Gasteiger partial charge is 0.152 e. The first kappa shape index (κ1) is 10.7. The van der Waals surface area contributed by atoms with Crippen LogP contribution >= 0.6 is 11.6 Å². The average Bonchev–Trinajstić information content (AvgIpc) is 2.20. The number of aryl methyl sites for hydroxylation is 1. The minimum atomic E-state index is -0.0579. The maximum atomic E-state index is 11.2. The Morgan fingerprint density at radius 3 is 2.86 bits per heavy atom. The minimum absolute atomic E-state index is 0.000791. The van der Waals surface area contributed by atoms with E-state index < -0.39 is 0 Å². The highest BCUT2D eigenvalue weighted by molar-refractivity contribution is 6.27. The van der Waals surface area contributed by atoms with Crippen LogP contribution in [0.2, 0.25) is 0 Å². The molecule has 14 heavy (non-hydrogen) atoms. The van der Waals surface area contributed by atoms with Crippen molar-refractivity contribution >= 4 is 17.4 Å². The van der Waals surface area contributed by atoms with Gasteiger partial charge in [0.1, 0.15) is 0 Å². The predicted octanol–water partition coefficient (Wildman–Crippen LogP) is 2.22. The molecule has 0 aliphatic carbocycles. The molecule has 0 aliphatic rings. The first-order valence-corrected chi connectivity index (χ1v) is 4.78. The summed E-state index contributed by atoms with van der Waals surface area (Å²) in [6, 6.07) is 7.48. The maximum Gasteiger partial charge on any atom is 0.152 e. The Kier molecular flexibility index (Phi) is 3.67. The number of benzene rings is 1. The molecule has 72 valence electrons. The van der Waals surface area contributed by atoms with Crippen LogP contribution in [0, 0.1) is 18.3 Å². The lowest BCUT2D eigenvalue weighted by Crippen LogP contribution is -2.07. The largest absolute Gasteiger partial charge is 0.298 e. The van der Waals surface area contributed by atoms with Crippen LogP contribution in [0.3, 0.4) is 0 Å². The van der Waals surface area contributed by atoms with Gasteiger partial charge >= 0.3 is 0 Å². The van der Waals surface area contributed by atoms with Gasteiger partial charge in [0.2, 0.25) is 0 Å². The lowest BCUT2D eigenvalue weighted by Gasteiger charge is -2.05. The lowest BCUT2D eigenvalue weighted by molar-refractivity contribution is -0.116. The van der Waals surface area contributed by atoms with Crippen LogP contribution in [-0.4, -0.2) is 11.7 Å². The van der Waals surface area contributed by atoms with Crippen molar-refractivity contribution in [3.05, 3.63) is 34.9 Å². The molecule has 0 saturated carbocycles. The Bertz CT molecular complexity index is 393. The number of Topliss-reactive ketones (excluding diaryl/α,β-unsaturated/α-hetero) is 1. The van der Waals surface area contributed by atoms with E-state index in [9.17, 15) is 4.79 Å². The number of carbonyl (C=O) groups is 1. The lowest BCUT2D eigenvalue weighted by atomic mass is 9.98. The number of ketones is 1. The van der Waals surface area contributed by atoms with E-state index in [1.54, 1.807) is 6.07 Å². The van der Waals surface area contributed by atoms with Crippen LogP contribution in [0.5, 0.6) is 0 Å². The molecule has 0 heterocycles. The molecular formula is C11H10ClNO. The van der Waals surface area contributed by atoms with Gasteiger partial charge in [-0.05, 0) is 24.1 Å². The van der Waals surface area contributed by atoms with Gasteiger partial charge in [-0.3, -0.25) is 4.79 Å². The summed E-state index contributed by atoms with van der Waals surface area (Å²) < 4.78 is 0. The predicted molar refractivity (Wildman–Crippen MR) is 55.3 cm³/mol. The van der Waals surface area contributed by atoms with Crippen molar-refractivity contribution in [3.63, 3.8) is 0 Å². The van der Waals surface area contributed by atoms with Crippen LogP contribution in [0.1, 0.15) is 16.7 Å². The monoisotopic (exact) mass is 207 g/mol. The Balaban J connectivity index is 3.06. The van der Waals surface area contributed by atoms with E-state index in [2.05, 4.69) is 6.07 Å². The number of halogens is 1. The Labute approximate surface area is 88.1 Å². The number of nitrogens with zero attached hydrogens (tertiary/aromatic N) is 1. The van der Waals surface area contributed by atoms with Gasteiger partial charge in [-0.2, -0.15) is 5.26 Å². The zero-order valence-electron chi connectivity index (χ0n) is 7.88. The first-order chi connectivity index (χ1) is 6.69. The normalized spacial score (nSPS) is 9.50. The fourth-order valence-corrected chi connectivity index (χ4v) is 1.38. The second-order valence-corrected chi connectivity index (χ2v) is 3.33. The molecule has 0 saturated heterocycles. The van der Waals surface area contributed by atoms with E-state index >= 15 is 0 Å². The molecule has 0 bridgehead atoms. The second-order valence-electron chi connectivity index (χ2n) is 3.06. The molecule has 0 N–H and O–H groups in total. The van der Waals surface area contributed by atoms with Crippen molar-refractivity contribution in [2.24, 2.45) is 0 Å². The van der Waals surface area contributed by atoms with Gasteiger partial charge in [-0.15, -0.1) is 11.6 Å². The van der Waals surface area contributed by atoms with E-state index in [1.165, 1.54) is 0 Å². The third-order valence-corrected chi connectivity index (χ3v) is 2.35. The number of carbonyl (C=O) groups excluding carboxylic acids is 1. The minimum Gasteiger partial charge on any atom is -0.298 e. The Hall–Kier alpha value is -1.33. The van der Waals surface area contributed by atoms with Gasteiger partial charge in [0, 0.05) is 6.42 Å². The summed E-state index contributed by atoms with van der Waals surface area (Å²) in [5.74, 6) is -0.0587. The number of nitriles is 1. The molecule has 0 atom stereocenters. The number of hydrogen-bond acceptors (Lipinski definition) is 2. The van der Waals surface area contributed by atoms with E-state index in [-0.39, 0.29) is 18.1 Å². The second kappa shape index (κ2) is 4.78. The Morgan fingerprint density at radius 2 is 2.29 bits per heavy atom. The molecule has 0 spiro atoms.